The number of hydrogen-bond acceptors (Lipinski definition) is 2. The Morgan fingerprint density at radius 1 is 0.407 bits per heavy atom. The van der Waals surface area contributed by atoms with Gasteiger partial charge < -0.3 is 8.85 Å². The first-order valence-electron chi connectivity index (χ1n) is 12.5. The topological polar surface area (TPSA) is 18.5 Å². The van der Waals surface area contributed by atoms with Gasteiger partial charge in [-0.05, 0) is 24.9 Å². The Kier molecular flexibility index (Phi) is 21.0. The summed E-state index contributed by atoms with van der Waals surface area (Å²) >= 11 is 0. The fraction of sp³-hybridized carbons (Fsp3) is 1.00. The van der Waals surface area contributed by atoms with Crippen LogP contribution in [-0.2, 0) is 8.85 Å². The van der Waals surface area contributed by atoms with Crippen LogP contribution in [0.25, 0.3) is 0 Å². The SMILES string of the molecule is CCCCCCCC[Si](CCCCCCCC)(OCCCC)OCCCC. The molecule has 164 valence electrons. The molecule has 27 heavy (non-hydrogen) atoms. The lowest BCUT2D eigenvalue weighted by atomic mass is 10.1. The molecular formula is C24H52O2Si. The molecule has 0 aliphatic rings. The molecule has 0 fully saturated rings. The van der Waals surface area contributed by atoms with Gasteiger partial charge in [0.1, 0.15) is 0 Å². The third-order valence-electron chi connectivity index (χ3n) is 5.55. The Hall–Kier alpha value is 0.137. The Morgan fingerprint density at radius 3 is 1.11 bits per heavy atom. The van der Waals surface area contributed by atoms with Crippen LogP contribution in [0.15, 0.2) is 0 Å². The molecule has 0 aromatic heterocycles. The van der Waals surface area contributed by atoms with Crippen LogP contribution in [0.4, 0.5) is 0 Å². The van der Waals surface area contributed by atoms with Crippen molar-refractivity contribution < 1.29 is 8.85 Å². The summed E-state index contributed by atoms with van der Waals surface area (Å²) in [5, 5.41) is 0. The van der Waals surface area contributed by atoms with E-state index < -0.39 is 8.56 Å². The molecule has 0 spiro atoms. The average molecular weight is 401 g/mol. The summed E-state index contributed by atoms with van der Waals surface area (Å²) in [6.45, 7) is 10.9. The van der Waals surface area contributed by atoms with Gasteiger partial charge in [0.2, 0.25) is 0 Å². The maximum Gasteiger partial charge on any atom is 0.338 e. The van der Waals surface area contributed by atoms with Gasteiger partial charge in [0.25, 0.3) is 0 Å². The van der Waals surface area contributed by atoms with Gasteiger partial charge in [-0.1, -0.05) is 118 Å². The van der Waals surface area contributed by atoms with Gasteiger partial charge >= 0.3 is 8.56 Å². The molecule has 0 aliphatic heterocycles. The lowest BCUT2D eigenvalue weighted by Crippen LogP contribution is -2.42. The van der Waals surface area contributed by atoms with Crippen LogP contribution in [0.1, 0.15) is 130 Å². The second-order valence-electron chi connectivity index (χ2n) is 8.35. The molecule has 0 aromatic rings. The van der Waals surface area contributed by atoms with E-state index in [1.54, 1.807) is 0 Å². The molecular weight excluding hydrogens is 348 g/mol. The van der Waals surface area contributed by atoms with E-state index in [-0.39, 0.29) is 0 Å². The zero-order valence-electron chi connectivity index (χ0n) is 19.5. The molecule has 0 aromatic carbocycles. The molecule has 0 rings (SSSR count). The van der Waals surface area contributed by atoms with Crippen molar-refractivity contribution in [3.63, 3.8) is 0 Å². The molecule has 0 saturated carbocycles. The van der Waals surface area contributed by atoms with E-state index >= 15 is 0 Å². The van der Waals surface area contributed by atoms with Crippen LogP contribution < -0.4 is 0 Å². The van der Waals surface area contributed by atoms with Gasteiger partial charge in [0, 0.05) is 13.2 Å². The van der Waals surface area contributed by atoms with E-state index in [2.05, 4.69) is 27.7 Å². The van der Waals surface area contributed by atoms with Crippen LogP contribution in [0.5, 0.6) is 0 Å². The highest BCUT2D eigenvalue weighted by molar-refractivity contribution is 6.67. The predicted molar refractivity (Wildman–Crippen MR) is 124 cm³/mol. The minimum atomic E-state index is -2.01. The van der Waals surface area contributed by atoms with E-state index in [1.807, 2.05) is 0 Å². The second kappa shape index (κ2) is 20.9. The van der Waals surface area contributed by atoms with Crippen LogP contribution in [0.2, 0.25) is 12.1 Å². The first kappa shape index (κ1) is 27.1. The average Bonchev–Trinajstić information content (AvgIpc) is 2.67. The van der Waals surface area contributed by atoms with Crippen LogP contribution in [0, 0.1) is 0 Å². The third kappa shape index (κ3) is 16.8. The van der Waals surface area contributed by atoms with E-state index in [9.17, 15) is 0 Å². The summed E-state index contributed by atoms with van der Waals surface area (Å²) in [5.41, 5.74) is 0. The maximum atomic E-state index is 6.59. The summed E-state index contributed by atoms with van der Waals surface area (Å²) < 4.78 is 13.2. The Morgan fingerprint density at radius 2 is 0.741 bits per heavy atom. The van der Waals surface area contributed by atoms with Crippen LogP contribution >= 0.6 is 0 Å². The fourth-order valence-corrected chi connectivity index (χ4v) is 7.13. The monoisotopic (exact) mass is 400 g/mol. The zero-order chi connectivity index (χ0) is 20.1. The van der Waals surface area contributed by atoms with Crippen molar-refractivity contribution in [2.45, 2.75) is 143 Å². The van der Waals surface area contributed by atoms with Crippen molar-refractivity contribution in [2.24, 2.45) is 0 Å². The first-order chi connectivity index (χ1) is 13.2. The highest BCUT2D eigenvalue weighted by Crippen LogP contribution is 2.27. The Labute approximate surface area is 173 Å². The van der Waals surface area contributed by atoms with Crippen LogP contribution in [0.3, 0.4) is 0 Å². The Balaban J connectivity index is 4.52. The molecule has 0 heterocycles. The molecule has 0 atom stereocenters. The van der Waals surface area contributed by atoms with E-state index in [0.717, 1.165) is 13.2 Å². The lowest BCUT2D eigenvalue weighted by molar-refractivity contribution is 0.161. The quantitative estimate of drug-likeness (QED) is 0.133. The van der Waals surface area contributed by atoms with Crippen molar-refractivity contribution >= 4 is 8.56 Å². The van der Waals surface area contributed by atoms with Crippen molar-refractivity contribution in [3.05, 3.63) is 0 Å². The number of unbranched alkanes of at least 4 members (excludes halogenated alkanes) is 12. The van der Waals surface area contributed by atoms with Gasteiger partial charge in [0.15, 0.2) is 0 Å². The standard InChI is InChI=1S/C24H52O2Si/c1-5-9-13-15-17-19-23-27(25-21-11-7-3,26-22-12-8-4)24-20-18-16-14-10-6-2/h5-24H2,1-4H3. The molecule has 2 nitrogen and oxygen atoms in total. The van der Waals surface area contributed by atoms with Crippen molar-refractivity contribution in [1.29, 1.82) is 0 Å². The molecule has 0 amide bonds. The molecule has 0 aliphatic carbocycles. The van der Waals surface area contributed by atoms with E-state index in [4.69, 9.17) is 8.85 Å². The van der Waals surface area contributed by atoms with Crippen molar-refractivity contribution in [3.8, 4) is 0 Å². The van der Waals surface area contributed by atoms with Crippen molar-refractivity contribution in [1.82, 2.24) is 0 Å². The number of hydrogen-bond donors (Lipinski definition) is 0. The number of rotatable bonds is 22. The van der Waals surface area contributed by atoms with Crippen molar-refractivity contribution in [2.75, 3.05) is 13.2 Å². The third-order valence-corrected chi connectivity index (χ3v) is 9.24. The second-order valence-corrected chi connectivity index (χ2v) is 11.7. The zero-order valence-corrected chi connectivity index (χ0v) is 20.5. The van der Waals surface area contributed by atoms with Gasteiger partial charge in [-0.25, -0.2) is 0 Å². The first-order valence-corrected chi connectivity index (χ1v) is 14.8. The molecule has 0 N–H and O–H groups in total. The van der Waals surface area contributed by atoms with Crippen LogP contribution in [-0.4, -0.2) is 21.8 Å². The summed E-state index contributed by atoms with van der Waals surface area (Å²) in [7, 11) is -2.01. The maximum absolute atomic E-state index is 6.59. The summed E-state index contributed by atoms with van der Waals surface area (Å²) in [4.78, 5) is 0. The fourth-order valence-electron chi connectivity index (χ4n) is 3.61. The molecule has 0 radical (unpaired) electrons. The summed E-state index contributed by atoms with van der Waals surface area (Å²) in [5.74, 6) is 0. The normalized spacial score (nSPS) is 12.0. The highest BCUT2D eigenvalue weighted by atomic mass is 28.4. The summed E-state index contributed by atoms with van der Waals surface area (Å²) in [6.07, 6.45) is 21.1. The molecule has 0 bridgehead atoms. The van der Waals surface area contributed by atoms with Gasteiger partial charge in [0.05, 0.1) is 0 Å². The Bertz CT molecular complexity index is 256. The van der Waals surface area contributed by atoms with E-state index in [1.165, 1.54) is 115 Å². The molecule has 3 heteroatoms. The minimum Gasteiger partial charge on any atom is -0.394 e. The molecule has 0 unspecified atom stereocenters. The van der Waals surface area contributed by atoms with Gasteiger partial charge in [-0.15, -0.1) is 0 Å². The largest absolute Gasteiger partial charge is 0.394 e. The predicted octanol–water partition coefficient (Wildman–Crippen LogP) is 8.78. The van der Waals surface area contributed by atoms with Gasteiger partial charge in [-0.2, -0.15) is 0 Å². The highest BCUT2D eigenvalue weighted by Gasteiger charge is 2.36. The lowest BCUT2D eigenvalue weighted by Gasteiger charge is -2.31. The smallest absolute Gasteiger partial charge is 0.338 e. The van der Waals surface area contributed by atoms with E-state index in [0.29, 0.717) is 0 Å². The summed E-state index contributed by atoms with van der Waals surface area (Å²) in [6, 6.07) is 2.45. The minimum absolute atomic E-state index is 0.917. The molecule has 0 saturated heterocycles. The van der Waals surface area contributed by atoms with Gasteiger partial charge in [-0.3, -0.25) is 0 Å².